The van der Waals surface area contributed by atoms with Crippen LogP contribution < -0.4 is 21.5 Å². The summed E-state index contributed by atoms with van der Waals surface area (Å²) < 4.78 is 8.33. The molecule has 0 radical (unpaired) electrons. The first kappa shape index (κ1) is 44.5. The molecule has 3 atom stereocenters. The summed E-state index contributed by atoms with van der Waals surface area (Å²) in [7, 11) is 3.89. The number of aromatic nitrogens is 2. The highest BCUT2D eigenvalue weighted by atomic mass is 16.5. The molecule has 56 heavy (non-hydrogen) atoms. The Morgan fingerprint density at radius 2 is 1.88 bits per heavy atom. The Morgan fingerprint density at radius 1 is 1.14 bits per heavy atom. The van der Waals surface area contributed by atoms with Crippen LogP contribution in [0.3, 0.4) is 0 Å². The van der Waals surface area contributed by atoms with E-state index in [-0.39, 0.29) is 23.2 Å². The van der Waals surface area contributed by atoms with Gasteiger partial charge in [-0.05, 0) is 89.6 Å². The summed E-state index contributed by atoms with van der Waals surface area (Å²) in [6.07, 6.45) is 9.10. The van der Waals surface area contributed by atoms with Gasteiger partial charge in [0.2, 0.25) is 6.41 Å². The smallest absolute Gasteiger partial charge is 0.207 e. The van der Waals surface area contributed by atoms with E-state index in [1.807, 2.05) is 40.0 Å². The standard InChI is InChI=1S/C44H66N8O4/c1-10-38(49-31(4)24-39(47-29-54)43(55)30(3)14-12-18-48-45)33-15-16-40-35(25-33)37(27-44(6,7)17-13-23-53)42(52(40)11-2)36-26-34(28-46-41(36)32(5)56-9)51-21-19-50(8)20-22-51/h10,15-16,23,25-26,28-30,32,39,48H,11-14,17-22,24,27,45H2,1-9H3,(H,47,54)/b38-10-,49-31?. The molecule has 3 unspecified atom stereocenters. The number of allylic oxidation sites excluding steroid dienone is 1. The van der Waals surface area contributed by atoms with E-state index in [1.54, 1.807) is 7.11 Å². The molecule has 0 aliphatic carbocycles. The second-order valence-corrected chi connectivity index (χ2v) is 16.1. The molecule has 3 heterocycles. The molecule has 0 spiro atoms. The van der Waals surface area contributed by atoms with Gasteiger partial charge in [-0.15, -0.1) is 0 Å². The minimum Gasteiger partial charge on any atom is -0.375 e. The lowest BCUT2D eigenvalue weighted by Gasteiger charge is -2.34. The van der Waals surface area contributed by atoms with E-state index in [4.69, 9.17) is 20.6 Å². The number of Topliss-reactive ketones (excluding diaryl/α,β-unsaturated/α-hetero) is 1. The quantitative estimate of drug-likeness (QED) is 0.0342. The number of nitrogens with one attached hydrogen (secondary N) is 2. The molecule has 4 N–H and O–H groups in total. The topological polar surface area (TPSA) is 147 Å². The number of amides is 1. The first-order chi connectivity index (χ1) is 26.8. The number of aliphatic imine (C=N–C) groups is 1. The van der Waals surface area contributed by atoms with Gasteiger partial charge in [0.15, 0.2) is 5.78 Å². The van der Waals surface area contributed by atoms with Crippen molar-refractivity contribution in [3.05, 3.63) is 53.4 Å². The maximum Gasteiger partial charge on any atom is 0.207 e. The number of hydrogen-bond acceptors (Lipinski definition) is 10. The van der Waals surface area contributed by atoms with Gasteiger partial charge >= 0.3 is 0 Å². The van der Waals surface area contributed by atoms with Crippen molar-refractivity contribution in [2.75, 3.05) is 51.8 Å². The summed E-state index contributed by atoms with van der Waals surface area (Å²) in [5.41, 5.74) is 11.4. The number of aldehydes is 1. The molecule has 1 aliphatic heterocycles. The van der Waals surface area contributed by atoms with Gasteiger partial charge in [-0.3, -0.25) is 30.8 Å². The normalized spacial score (nSPS) is 16.2. The number of hydrogen-bond donors (Lipinski definition) is 3. The minimum atomic E-state index is -0.669. The van der Waals surface area contributed by atoms with E-state index in [0.29, 0.717) is 32.2 Å². The number of nitrogens with zero attached hydrogens (tertiary/aromatic N) is 5. The van der Waals surface area contributed by atoms with Crippen LogP contribution in [0, 0.1) is 11.3 Å². The summed E-state index contributed by atoms with van der Waals surface area (Å²) in [6, 6.07) is 8.17. The van der Waals surface area contributed by atoms with Crippen LogP contribution in [0.25, 0.3) is 27.9 Å². The summed E-state index contributed by atoms with van der Waals surface area (Å²) >= 11 is 0. The molecular formula is C44H66N8O4. The number of piperazine rings is 1. The number of ether oxygens (including phenoxy) is 1. The van der Waals surface area contributed by atoms with Crippen molar-refractivity contribution < 1.29 is 19.1 Å². The van der Waals surface area contributed by atoms with Crippen molar-refractivity contribution in [2.45, 2.75) is 106 Å². The fourth-order valence-electron chi connectivity index (χ4n) is 7.90. The number of anilines is 1. The minimum absolute atomic E-state index is 0.0178. The highest BCUT2D eigenvalue weighted by Gasteiger charge is 2.29. The maximum atomic E-state index is 13.4. The lowest BCUT2D eigenvalue weighted by atomic mass is 9.80. The molecule has 1 aromatic carbocycles. The highest BCUT2D eigenvalue weighted by molar-refractivity contribution is 5.98. The number of pyridine rings is 1. The number of hydrazine groups is 1. The first-order valence-corrected chi connectivity index (χ1v) is 20.3. The van der Waals surface area contributed by atoms with Crippen LogP contribution in [0.15, 0.2) is 41.5 Å². The molecule has 12 heteroatoms. The zero-order chi connectivity index (χ0) is 41.0. The molecule has 0 saturated carbocycles. The fourth-order valence-corrected chi connectivity index (χ4v) is 7.90. The first-order valence-electron chi connectivity index (χ1n) is 20.3. The van der Waals surface area contributed by atoms with Crippen LogP contribution in [-0.4, -0.2) is 91.6 Å². The van der Waals surface area contributed by atoms with Crippen molar-refractivity contribution in [2.24, 2.45) is 22.2 Å². The predicted molar refractivity (Wildman–Crippen MR) is 229 cm³/mol. The number of benzene rings is 1. The SMILES string of the molecule is C/C=C(\N=C(C)CC(NC=O)C(=O)C(C)CCCNN)c1ccc2c(c1)c(CC(C)(C)CCC=O)c(-c1cc(N3CCN(C)CC3)cnc1C(C)OC)n2CC. The average molecular weight is 771 g/mol. The molecular weight excluding hydrogens is 705 g/mol. The van der Waals surface area contributed by atoms with E-state index in [0.717, 1.165) is 109 Å². The van der Waals surface area contributed by atoms with Gasteiger partial charge in [0.25, 0.3) is 0 Å². The Morgan fingerprint density at radius 3 is 2.50 bits per heavy atom. The zero-order valence-corrected chi connectivity index (χ0v) is 35.3. The van der Waals surface area contributed by atoms with Crippen LogP contribution >= 0.6 is 0 Å². The maximum absolute atomic E-state index is 13.4. The van der Waals surface area contributed by atoms with Crippen molar-refractivity contribution in [1.82, 2.24) is 25.2 Å². The monoisotopic (exact) mass is 771 g/mol. The Hall–Kier alpha value is -4.23. The number of fused-ring (bicyclic) bond motifs is 1. The Labute approximate surface area is 334 Å². The van der Waals surface area contributed by atoms with Gasteiger partial charge in [-0.2, -0.15) is 0 Å². The predicted octanol–water partition coefficient (Wildman–Crippen LogP) is 6.51. The Balaban J connectivity index is 1.87. The van der Waals surface area contributed by atoms with Gasteiger partial charge < -0.3 is 29.2 Å². The number of nitrogens with two attached hydrogens (primary N) is 1. The zero-order valence-electron chi connectivity index (χ0n) is 35.3. The van der Waals surface area contributed by atoms with E-state index < -0.39 is 6.04 Å². The molecule has 0 bridgehead atoms. The van der Waals surface area contributed by atoms with Gasteiger partial charge in [0, 0.05) is 92.9 Å². The molecule has 2 aromatic heterocycles. The number of methoxy groups -OCH3 is 1. The van der Waals surface area contributed by atoms with Gasteiger partial charge in [-0.25, -0.2) is 0 Å². The van der Waals surface area contributed by atoms with Crippen molar-refractivity contribution in [1.29, 1.82) is 0 Å². The summed E-state index contributed by atoms with van der Waals surface area (Å²) in [5.74, 6) is 5.17. The largest absolute Gasteiger partial charge is 0.375 e. The molecule has 306 valence electrons. The Kier molecular flexibility index (Phi) is 16.5. The number of carbonyl (C=O) groups is 3. The van der Waals surface area contributed by atoms with Crippen molar-refractivity contribution >= 4 is 46.5 Å². The molecule has 1 amide bonds. The van der Waals surface area contributed by atoms with Crippen LogP contribution in [0.4, 0.5) is 5.69 Å². The molecule has 1 saturated heterocycles. The molecule has 1 fully saturated rings. The second kappa shape index (κ2) is 20.8. The lowest BCUT2D eigenvalue weighted by Crippen LogP contribution is -2.44. The van der Waals surface area contributed by atoms with E-state index >= 15 is 0 Å². The van der Waals surface area contributed by atoms with Crippen LogP contribution in [0.2, 0.25) is 0 Å². The molecule has 1 aliphatic rings. The Bertz CT molecular complexity index is 1860. The van der Waals surface area contributed by atoms with Crippen LogP contribution in [0.5, 0.6) is 0 Å². The highest BCUT2D eigenvalue weighted by Crippen LogP contribution is 2.43. The third-order valence-corrected chi connectivity index (χ3v) is 11.3. The fraction of sp³-hybridized carbons (Fsp3) is 0.568. The molecule has 4 rings (SSSR count). The van der Waals surface area contributed by atoms with Crippen LogP contribution in [0.1, 0.15) is 103 Å². The van der Waals surface area contributed by atoms with Crippen LogP contribution in [-0.2, 0) is 32.1 Å². The number of ketones is 1. The summed E-state index contributed by atoms with van der Waals surface area (Å²) in [5, 5.41) is 3.87. The third-order valence-electron chi connectivity index (χ3n) is 11.3. The second-order valence-electron chi connectivity index (χ2n) is 16.1. The molecule has 12 nitrogen and oxygen atoms in total. The molecule has 3 aromatic rings. The third kappa shape index (κ3) is 11.0. The van der Waals surface area contributed by atoms with Gasteiger partial charge in [0.1, 0.15) is 6.29 Å². The van der Waals surface area contributed by atoms with Gasteiger partial charge in [-0.1, -0.05) is 32.9 Å². The average Bonchev–Trinajstić information content (AvgIpc) is 3.49. The van der Waals surface area contributed by atoms with Gasteiger partial charge in [0.05, 0.1) is 41.1 Å². The lowest BCUT2D eigenvalue weighted by molar-refractivity contribution is -0.126. The summed E-state index contributed by atoms with van der Waals surface area (Å²) in [6.45, 7) is 19.7. The van der Waals surface area contributed by atoms with E-state index in [9.17, 15) is 14.4 Å². The summed E-state index contributed by atoms with van der Waals surface area (Å²) in [4.78, 5) is 51.4. The number of aryl methyl sites for hydroxylation is 1. The van der Waals surface area contributed by atoms with Crippen molar-refractivity contribution in [3.8, 4) is 11.3 Å². The van der Waals surface area contributed by atoms with Crippen molar-refractivity contribution in [3.63, 3.8) is 0 Å². The van der Waals surface area contributed by atoms with E-state index in [1.165, 1.54) is 5.56 Å². The van der Waals surface area contributed by atoms with E-state index in [2.05, 4.69) is 77.2 Å². The number of likely N-dealkylation sites (N-methyl/N-ethyl adjacent to an activating group) is 1. The number of rotatable bonds is 22. The number of carbonyl (C=O) groups excluding carboxylic acids is 3.